The van der Waals surface area contributed by atoms with Crippen LogP contribution in [-0.2, 0) is 0 Å². The van der Waals surface area contributed by atoms with E-state index in [2.05, 4.69) is 18.4 Å². The van der Waals surface area contributed by atoms with E-state index in [9.17, 15) is 0 Å². The van der Waals surface area contributed by atoms with E-state index in [4.69, 9.17) is 10.5 Å². The lowest BCUT2D eigenvalue weighted by molar-refractivity contribution is 1.43. The second-order valence-electron chi connectivity index (χ2n) is 4.01. The summed E-state index contributed by atoms with van der Waals surface area (Å²) < 4.78 is 0. The van der Waals surface area contributed by atoms with Crippen molar-refractivity contribution in [1.82, 2.24) is 0 Å². The van der Waals surface area contributed by atoms with Crippen molar-refractivity contribution in [2.45, 2.75) is 6.92 Å². The molecule has 0 saturated carbocycles. The highest BCUT2D eigenvalue weighted by molar-refractivity contribution is 5.75. The van der Waals surface area contributed by atoms with E-state index < -0.39 is 0 Å². The molecular formula is C18H14N2. The van der Waals surface area contributed by atoms with Gasteiger partial charge in [-0.05, 0) is 19.1 Å². The summed E-state index contributed by atoms with van der Waals surface area (Å²) in [5, 5.41) is 17.0. The lowest BCUT2D eigenvalue weighted by Gasteiger charge is -1.92. The minimum absolute atomic E-state index is 0.491. The first-order valence-electron chi connectivity index (χ1n) is 6.03. The van der Waals surface area contributed by atoms with Crippen molar-refractivity contribution >= 4 is 5.57 Å². The molecule has 0 unspecified atom stereocenters. The molecule has 0 radical (unpaired) electrons. The van der Waals surface area contributed by atoms with Gasteiger partial charge in [0.05, 0.1) is 11.6 Å². The van der Waals surface area contributed by atoms with Crippen LogP contribution in [0.5, 0.6) is 0 Å². The quantitative estimate of drug-likeness (QED) is 0.567. The van der Waals surface area contributed by atoms with Gasteiger partial charge < -0.3 is 0 Å². The van der Waals surface area contributed by atoms with Gasteiger partial charge in [0, 0.05) is 5.56 Å². The summed E-state index contributed by atoms with van der Waals surface area (Å²) >= 11 is 0. The minimum Gasteiger partial charge on any atom is -0.192 e. The van der Waals surface area contributed by atoms with Gasteiger partial charge in [-0.3, -0.25) is 0 Å². The Balaban J connectivity index is 0.000000204. The van der Waals surface area contributed by atoms with Crippen molar-refractivity contribution in [3.05, 3.63) is 83.6 Å². The van der Waals surface area contributed by atoms with Gasteiger partial charge in [-0.2, -0.15) is 10.5 Å². The monoisotopic (exact) mass is 258 g/mol. The molecule has 2 nitrogen and oxygen atoms in total. The van der Waals surface area contributed by atoms with Gasteiger partial charge >= 0.3 is 0 Å². The zero-order chi connectivity index (χ0) is 14.8. The van der Waals surface area contributed by atoms with Gasteiger partial charge in [-0.15, -0.1) is 5.73 Å². The number of rotatable bonds is 1. The topological polar surface area (TPSA) is 47.6 Å². The summed E-state index contributed by atoms with van der Waals surface area (Å²) in [5.41, 5.74) is 5.84. The van der Waals surface area contributed by atoms with Crippen LogP contribution in [0.1, 0.15) is 16.7 Å². The molecule has 0 spiro atoms. The Hall–Kier alpha value is -3.06. The van der Waals surface area contributed by atoms with Crippen LogP contribution in [0, 0.1) is 29.6 Å². The molecular weight excluding hydrogens is 244 g/mol. The maximum atomic E-state index is 8.59. The Morgan fingerprint density at radius 2 is 1.55 bits per heavy atom. The zero-order valence-electron chi connectivity index (χ0n) is 11.3. The number of hydrogen-bond acceptors (Lipinski definition) is 2. The second-order valence-corrected chi connectivity index (χ2v) is 4.01. The molecule has 2 aromatic carbocycles. The van der Waals surface area contributed by atoms with Gasteiger partial charge in [0.2, 0.25) is 0 Å². The Kier molecular flexibility index (Phi) is 6.09. The van der Waals surface area contributed by atoms with Crippen LogP contribution >= 0.6 is 0 Å². The van der Waals surface area contributed by atoms with E-state index in [1.165, 1.54) is 5.56 Å². The number of aryl methyl sites for hydroxylation is 1. The zero-order valence-corrected chi connectivity index (χ0v) is 11.3. The standard InChI is InChI=1S/C10H7N.C8H7N/c1-2-9(8-11)10-6-4-3-5-7-10;1-7-2-4-8(6-9)5-3-7/h3-7H,1H2;2-5H,1H3. The first-order chi connectivity index (χ1) is 9.71. The van der Waals surface area contributed by atoms with Crippen LogP contribution in [-0.4, -0.2) is 0 Å². The summed E-state index contributed by atoms with van der Waals surface area (Å²) in [6.07, 6.45) is 0. The molecule has 96 valence electrons. The van der Waals surface area contributed by atoms with E-state index in [-0.39, 0.29) is 0 Å². The second kappa shape index (κ2) is 8.11. The normalized spacial score (nSPS) is 8.15. The summed E-state index contributed by atoms with van der Waals surface area (Å²) in [5.74, 6) is 0. The average Bonchev–Trinajstić information content (AvgIpc) is 2.51. The van der Waals surface area contributed by atoms with Gasteiger partial charge in [0.15, 0.2) is 0 Å². The molecule has 0 amide bonds. The summed E-state index contributed by atoms with van der Waals surface area (Å²) in [7, 11) is 0. The van der Waals surface area contributed by atoms with E-state index in [1.54, 1.807) is 0 Å². The van der Waals surface area contributed by atoms with Crippen LogP contribution < -0.4 is 0 Å². The third-order valence-electron chi connectivity index (χ3n) is 2.53. The molecule has 0 aromatic heterocycles. The third kappa shape index (κ3) is 4.67. The van der Waals surface area contributed by atoms with Crippen molar-refractivity contribution in [1.29, 1.82) is 10.5 Å². The largest absolute Gasteiger partial charge is 0.192 e. The first kappa shape index (κ1) is 15.0. The van der Waals surface area contributed by atoms with Gasteiger partial charge in [-0.25, -0.2) is 0 Å². The van der Waals surface area contributed by atoms with Crippen molar-refractivity contribution in [3.63, 3.8) is 0 Å². The highest BCUT2D eigenvalue weighted by atomic mass is 14.2. The molecule has 0 bridgehead atoms. The van der Waals surface area contributed by atoms with Gasteiger partial charge in [0.25, 0.3) is 0 Å². The van der Waals surface area contributed by atoms with Crippen LogP contribution in [0.25, 0.3) is 5.57 Å². The fourth-order valence-electron chi connectivity index (χ4n) is 1.44. The number of nitrogens with zero attached hydrogens (tertiary/aromatic N) is 2. The van der Waals surface area contributed by atoms with E-state index >= 15 is 0 Å². The van der Waals surface area contributed by atoms with E-state index in [0.29, 0.717) is 5.57 Å². The van der Waals surface area contributed by atoms with E-state index in [0.717, 1.165) is 11.1 Å². The summed E-state index contributed by atoms with van der Waals surface area (Å²) in [4.78, 5) is 0. The van der Waals surface area contributed by atoms with Crippen LogP contribution in [0.2, 0.25) is 0 Å². The molecule has 0 aliphatic carbocycles. The summed E-state index contributed by atoms with van der Waals surface area (Å²) in [6.45, 7) is 5.42. The molecule has 0 aliphatic heterocycles. The maximum absolute atomic E-state index is 8.59. The number of benzene rings is 2. The molecule has 0 atom stereocenters. The van der Waals surface area contributed by atoms with Gasteiger partial charge in [-0.1, -0.05) is 54.6 Å². The first-order valence-corrected chi connectivity index (χ1v) is 6.03. The smallest absolute Gasteiger partial charge is 0.108 e. The number of allylic oxidation sites excluding steroid dienone is 1. The third-order valence-corrected chi connectivity index (χ3v) is 2.53. The maximum Gasteiger partial charge on any atom is 0.108 e. The fraction of sp³-hybridized carbons (Fsp3) is 0.0556. The Bertz CT molecular complexity index is 677. The van der Waals surface area contributed by atoms with Gasteiger partial charge in [0.1, 0.15) is 11.6 Å². The molecule has 0 N–H and O–H groups in total. The van der Waals surface area contributed by atoms with Crippen molar-refractivity contribution in [2.75, 3.05) is 0 Å². The predicted octanol–water partition coefficient (Wildman–Crippen LogP) is 4.25. The molecule has 20 heavy (non-hydrogen) atoms. The molecule has 2 heteroatoms. The Morgan fingerprint density at radius 1 is 0.950 bits per heavy atom. The Labute approximate surface area is 119 Å². The SMILES string of the molecule is C=C=C(C#N)c1ccccc1.Cc1ccc(C#N)cc1. The number of hydrogen-bond donors (Lipinski definition) is 0. The molecule has 0 fully saturated rings. The lowest BCUT2D eigenvalue weighted by atomic mass is 10.1. The molecule has 0 saturated heterocycles. The average molecular weight is 258 g/mol. The molecule has 2 rings (SSSR count). The highest BCUT2D eigenvalue weighted by Crippen LogP contribution is 2.09. The van der Waals surface area contributed by atoms with Crippen LogP contribution in [0.3, 0.4) is 0 Å². The van der Waals surface area contributed by atoms with E-state index in [1.807, 2.05) is 67.6 Å². The molecule has 2 aromatic rings. The Morgan fingerprint density at radius 3 is 2.00 bits per heavy atom. The molecule has 0 aliphatic rings. The van der Waals surface area contributed by atoms with Crippen LogP contribution in [0.4, 0.5) is 0 Å². The van der Waals surface area contributed by atoms with Crippen molar-refractivity contribution in [3.8, 4) is 12.1 Å². The van der Waals surface area contributed by atoms with Crippen molar-refractivity contribution < 1.29 is 0 Å². The summed E-state index contributed by atoms with van der Waals surface area (Å²) in [6, 6.07) is 20.9. The minimum atomic E-state index is 0.491. The lowest BCUT2D eigenvalue weighted by Crippen LogP contribution is -1.76. The number of nitriles is 2. The van der Waals surface area contributed by atoms with Crippen molar-refractivity contribution in [2.24, 2.45) is 0 Å². The van der Waals surface area contributed by atoms with Crippen LogP contribution in [0.15, 0.2) is 66.9 Å². The molecule has 0 heterocycles. The fourth-order valence-corrected chi connectivity index (χ4v) is 1.44. The predicted molar refractivity (Wildman–Crippen MR) is 80.5 cm³/mol. The highest BCUT2D eigenvalue weighted by Gasteiger charge is 1.94.